The average Bonchev–Trinajstić information content (AvgIpc) is 2.25. The predicted molar refractivity (Wildman–Crippen MR) is 55.5 cm³/mol. The number of hydrogen-bond acceptors (Lipinski definition) is 3. The SMILES string of the molecule is COCCOCc1cnc(C)c(C(F)(F)F)c1. The van der Waals surface area contributed by atoms with Crippen molar-refractivity contribution in [2.24, 2.45) is 0 Å². The topological polar surface area (TPSA) is 31.4 Å². The van der Waals surface area contributed by atoms with Crippen LogP contribution in [0.1, 0.15) is 16.8 Å². The summed E-state index contributed by atoms with van der Waals surface area (Å²) in [6.07, 6.45) is -2.99. The van der Waals surface area contributed by atoms with Crippen molar-refractivity contribution in [3.63, 3.8) is 0 Å². The van der Waals surface area contributed by atoms with E-state index >= 15 is 0 Å². The minimum atomic E-state index is -4.38. The van der Waals surface area contributed by atoms with Gasteiger partial charge in [-0.25, -0.2) is 0 Å². The molecule has 1 aromatic rings. The van der Waals surface area contributed by atoms with Crippen LogP contribution in [0.4, 0.5) is 13.2 Å². The molecule has 1 heterocycles. The first kappa shape index (κ1) is 13.9. The van der Waals surface area contributed by atoms with Gasteiger partial charge in [0.15, 0.2) is 0 Å². The lowest BCUT2D eigenvalue weighted by Crippen LogP contribution is -2.10. The maximum absolute atomic E-state index is 12.6. The molecular weight excluding hydrogens is 235 g/mol. The molecule has 0 unspecified atom stereocenters. The third kappa shape index (κ3) is 4.32. The van der Waals surface area contributed by atoms with Crippen molar-refractivity contribution in [1.82, 2.24) is 4.98 Å². The Hall–Kier alpha value is -1.14. The molecule has 3 nitrogen and oxygen atoms in total. The van der Waals surface area contributed by atoms with Crippen LogP contribution in [-0.4, -0.2) is 25.3 Å². The van der Waals surface area contributed by atoms with Crippen molar-refractivity contribution >= 4 is 0 Å². The lowest BCUT2D eigenvalue weighted by atomic mass is 10.1. The summed E-state index contributed by atoms with van der Waals surface area (Å²) in [5.41, 5.74) is -0.345. The number of ether oxygens (including phenoxy) is 2. The first-order valence-electron chi connectivity index (χ1n) is 5.04. The molecule has 6 heteroatoms. The zero-order valence-electron chi connectivity index (χ0n) is 9.67. The fourth-order valence-corrected chi connectivity index (χ4v) is 1.27. The Balaban J connectivity index is 2.69. The van der Waals surface area contributed by atoms with Gasteiger partial charge in [-0.15, -0.1) is 0 Å². The van der Waals surface area contributed by atoms with Gasteiger partial charge < -0.3 is 9.47 Å². The Labute approximate surface area is 97.6 Å². The molecule has 0 radical (unpaired) electrons. The van der Waals surface area contributed by atoms with Crippen molar-refractivity contribution in [3.05, 3.63) is 29.1 Å². The molecule has 17 heavy (non-hydrogen) atoms. The first-order valence-corrected chi connectivity index (χ1v) is 5.04. The van der Waals surface area contributed by atoms with Gasteiger partial charge in [-0.3, -0.25) is 4.98 Å². The quantitative estimate of drug-likeness (QED) is 0.751. The van der Waals surface area contributed by atoms with Crippen LogP contribution in [0.25, 0.3) is 0 Å². The summed E-state index contributed by atoms with van der Waals surface area (Å²) >= 11 is 0. The van der Waals surface area contributed by atoms with Gasteiger partial charge in [0.05, 0.1) is 25.4 Å². The van der Waals surface area contributed by atoms with Gasteiger partial charge >= 0.3 is 6.18 Å². The normalized spacial score (nSPS) is 11.8. The smallest absolute Gasteiger partial charge is 0.382 e. The molecule has 1 rings (SSSR count). The van der Waals surface area contributed by atoms with Crippen molar-refractivity contribution in [2.75, 3.05) is 20.3 Å². The van der Waals surface area contributed by atoms with E-state index in [9.17, 15) is 13.2 Å². The second kappa shape index (κ2) is 5.97. The van der Waals surface area contributed by atoms with Gasteiger partial charge in [0.2, 0.25) is 0 Å². The highest BCUT2D eigenvalue weighted by molar-refractivity contribution is 5.26. The predicted octanol–water partition coefficient (Wildman–Crippen LogP) is 2.57. The summed E-state index contributed by atoms with van der Waals surface area (Å²) in [6.45, 7) is 2.18. The molecule has 0 N–H and O–H groups in total. The van der Waals surface area contributed by atoms with E-state index in [1.165, 1.54) is 20.2 Å². The molecule has 96 valence electrons. The van der Waals surface area contributed by atoms with E-state index in [-0.39, 0.29) is 12.3 Å². The summed E-state index contributed by atoms with van der Waals surface area (Å²) < 4.78 is 47.6. The average molecular weight is 249 g/mol. The van der Waals surface area contributed by atoms with Gasteiger partial charge in [-0.1, -0.05) is 0 Å². The molecule has 0 aliphatic heterocycles. The van der Waals surface area contributed by atoms with Crippen molar-refractivity contribution in [2.45, 2.75) is 19.7 Å². The highest BCUT2D eigenvalue weighted by atomic mass is 19.4. The Morgan fingerprint density at radius 1 is 1.29 bits per heavy atom. The lowest BCUT2D eigenvalue weighted by molar-refractivity contribution is -0.138. The number of aromatic nitrogens is 1. The molecule has 0 aliphatic rings. The molecule has 1 aromatic heterocycles. The van der Waals surface area contributed by atoms with Crippen molar-refractivity contribution in [3.8, 4) is 0 Å². The summed E-state index contributed by atoms with van der Waals surface area (Å²) in [5.74, 6) is 0. The van der Waals surface area contributed by atoms with Crippen LogP contribution in [0.3, 0.4) is 0 Å². The summed E-state index contributed by atoms with van der Waals surface area (Å²) in [5, 5.41) is 0. The third-order valence-electron chi connectivity index (χ3n) is 2.15. The Kier molecular flexibility index (Phi) is 4.89. The molecule has 0 amide bonds. The van der Waals surface area contributed by atoms with E-state index < -0.39 is 11.7 Å². The molecule has 0 atom stereocenters. The number of rotatable bonds is 5. The Morgan fingerprint density at radius 3 is 2.59 bits per heavy atom. The molecule has 0 fully saturated rings. The standard InChI is InChI=1S/C11H14F3NO2/c1-8-10(11(12,13)14)5-9(6-15-8)7-17-4-3-16-2/h5-6H,3-4,7H2,1-2H3. The van der Waals surface area contributed by atoms with Crippen LogP contribution >= 0.6 is 0 Å². The van der Waals surface area contributed by atoms with Crippen molar-refractivity contribution < 1.29 is 22.6 Å². The zero-order chi connectivity index (χ0) is 12.9. The zero-order valence-corrected chi connectivity index (χ0v) is 9.67. The molecule has 0 aliphatic carbocycles. The van der Waals surface area contributed by atoms with E-state index in [4.69, 9.17) is 9.47 Å². The second-order valence-electron chi connectivity index (χ2n) is 3.52. The van der Waals surface area contributed by atoms with Crippen LogP contribution in [0, 0.1) is 6.92 Å². The number of methoxy groups -OCH3 is 1. The fourth-order valence-electron chi connectivity index (χ4n) is 1.27. The number of pyridine rings is 1. The largest absolute Gasteiger partial charge is 0.418 e. The molecule has 0 saturated heterocycles. The number of halogens is 3. The van der Waals surface area contributed by atoms with Crippen LogP contribution in [0.15, 0.2) is 12.3 Å². The van der Waals surface area contributed by atoms with Crippen molar-refractivity contribution in [1.29, 1.82) is 0 Å². The maximum Gasteiger partial charge on any atom is 0.418 e. The highest BCUT2D eigenvalue weighted by Gasteiger charge is 2.33. The highest BCUT2D eigenvalue weighted by Crippen LogP contribution is 2.31. The maximum atomic E-state index is 12.6. The number of aryl methyl sites for hydroxylation is 1. The number of hydrogen-bond donors (Lipinski definition) is 0. The van der Waals surface area contributed by atoms with Gasteiger partial charge in [0, 0.05) is 19.0 Å². The second-order valence-corrected chi connectivity index (χ2v) is 3.52. The van der Waals surface area contributed by atoms with Gasteiger partial charge in [-0.05, 0) is 18.6 Å². The summed E-state index contributed by atoms with van der Waals surface area (Å²) in [4.78, 5) is 3.71. The molecule has 0 aromatic carbocycles. The van der Waals surface area contributed by atoms with Crippen LogP contribution in [-0.2, 0) is 22.3 Å². The van der Waals surface area contributed by atoms with Crippen LogP contribution < -0.4 is 0 Å². The first-order chi connectivity index (χ1) is 7.95. The van der Waals surface area contributed by atoms with E-state index in [1.807, 2.05) is 0 Å². The van der Waals surface area contributed by atoms with Crippen LogP contribution in [0.2, 0.25) is 0 Å². The fraction of sp³-hybridized carbons (Fsp3) is 0.545. The monoisotopic (exact) mass is 249 g/mol. The minimum Gasteiger partial charge on any atom is -0.382 e. The van der Waals surface area contributed by atoms with E-state index in [1.54, 1.807) is 0 Å². The summed E-state index contributed by atoms with van der Waals surface area (Å²) in [6, 6.07) is 1.06. The summed E-state index contributed by atoms with van der Waals surface area (Å²) in [7, 11) is 1.53. The van der Waals surface area contributed by atoms with E-state index in [0.29, 0.717) is 18.8 Å². The van der Waals surface area contributed by atoms with Crippen LogP contribution in [0.5, 0.6) is 0 Å². The number of nitrogens with zero attached hydrogens (tertiary/aromatic N) is 1. The molecule has 0 bridgehead atoms. The molecular formula is C11H14F3NO2. The third-order valence-corrected chi connectivity index (χ3v) is 2.15. The molecule has 0 spiro atoms. The van der Waals surface area contributed by atoms with Gasteiger partial charge in [0.25, 0.3) is 0 Å². The molecule has 0 saturated carbocycles. The van der Waals surface area contributed by atoms with Gasteiger partial charge in [0.1, 0.15) is 0 Å². The van der Waals surface area contributed by atoms with E-state index in [0.717, 1.165) is 6.07 Å². The lowest BCUT2D eigenvalue weighted by Gasteiger charge is -2.11. The van der Waals surface area contributed by atoms with E-state index in [2.05, 4.69) is 4.98 Å². The minimum absolute atomic E-state index is 0.0295. The van der Waals surface area contributed by atoms with Gasteiger partial charge in [-0.2, -0.15) is 13.2 Å². The Bertz CT molecular complexity index is 366. The number of alkyl halides is 3. The Morgan fingerprint density at radius 2 is 2.00 bits per heavy atom.